The molecule has 0 radical (unpaired) electrons. The predicted molar refractivity (Wildman–Crippen MR) is 69.3 cm³/mol. The van der Waals surface area contributed by atoms with Crippen molar-refractivity contribution in [1.82, 2.24) is 0 Å². The first-order chi connectivity index (χ1) is 8.16. The van der Waals surface area contributed by atoms with Crippen LogP contribution in [-0.4, -0.2) is 0 Å². The summed E-state index contributed by atoms with van der Waals surface area (Å²) in [6, 6.07) is 12.4. The van der Waals surface area contributed by atoms with Gasteiger partial charge in [-0.15, -0.1) is 0 Å². The van der Waals surface area contributed by atoms with Gasteiger partial charge in [-0.2, -0.15) is 0 Å². The van der Waals surface area contributed by atoms with E-state index < -0.39 is 0 Å². The molecule has 0 heterocycles. The molecule has 4 heteroatoms. The second kappa shape index (κ2) is 5.19. The van der Waals surface area contributed by atoms with Crippen LogP contribution in [0.3, 0.4) is 0 Å². The summed E-state index contributed by atoms with van der Waals surface area (Å²) >= 11 is 3.07. The lowest BCUT2D eigenvalue weighted by molar-refractivity contribution is 0.306. The molecular formula is C13H11BrFNO. The zero-order valence-corrected chi connectivity index (χ0v) is 10.6. The van der Waals surface area contributed by atoms with Crippen LogP contribution in [0.5, 0.6) is 5.75 Å². The molecule has 0 atom stereocenters. The Morgan fingerprint density at radius 3 is 2.59 bits per heavy atom. The molecule has 0 aromatic heterocycles. The molecule has 0 spiro atoms. The van der Waals surface area contributed by atoms with Crippen molar-refractivity contribution in [1.29, 1.82) is 0 Å². The molecule has 0 aliphatic rings. The van der Waals surface area contributed by atoms with Crippen LogP contribution in [0.4, 0.5) is 10.1 Å². The van der Waals surface area contributed by atoms with E-state index in [2.05, 4.69) is 15.9 Å². The molecule has 2 N–H and O–H groups in total. The molecule has 0 aliphatic carbocycles. The van der Waals surface area contributed by atoms with E-state index in [1.807, 2.05) is 30.3 Å². The highest BCUT2D eigenvalue weighted by Crippen LogP contribution is 2.28. The van der Waals surface area contributed by atoms with Crippen LogP contribution in [0, 0.1) is 5.82 Å². The van der Waals surface area contributed by atoms with E-state index in [1.54, 1.807) is 0 Å². The van der Waals surface area contributed by atoms with Gasteiger partial charge in [0.25, 0.3) is 0 Å². The molecule has 0 unspecified atom stereocenters. The van der Waals surface area contributed by atoms with Crippen molar-refractivity contribution >= 4 is 21.6 Å². The lowest BCUT2D eigenvalue weighted by Gasteiger charge is -2.09. The fourth-order valence-corrected chi connectivity index (χ4v) is 1.77. The maximum Gasteiger partial charge on any atom is 0.145 e. The van der Waals surface area contributed by atoms with Crippen LogP contribution in [0.15, 0.2) is 46.9 Å². The van der Waals surface area contributed by atoms with Gasteiger partial charge in [0.2, 0.25) is 0 Å². The molecular weight excluding hydrogens is 285 g/mol. The Bertz CT molecular complexity index is 516. The van der Waals surface area contributed by atoms with Gasteiger partial charge in [0.05, 0.1) is 10.2 Å². The maximum atomic E-state index is 13.3. The monoisotopic (exact) mass is 295 g/mol. The summed E-state index contributed by atoms with van der Waals surface area (Å²) in [5, 5.41) is 0. The summed E-state index contributed by atoms with van der Waals surface area (Å²) in [4.78, 5) is 0. The van der Waals surface area contributed by atoms with E-state index >= 15 is 0 Å². The van der Waals surface area contributed by atoms with Crippen molar-refractivity contribution < 1.29 is 9.13 Å². The smallest absolute Gasteiger partial charge is 0.145 e. The zero-order valence-electron chi connectivity index (χ0n) is 8.99. The first-order valence-electron chi connectivity index (χ1n) is 5.08. The van der Waals surface area contributed by atoms with Gasteiger partial charge < -0.3 is 10.5 Å². The summed E-state index contributed by atoms with van der Waals surface area (Å²) in [6.45, 7) is 0.367. The zero-order chi connectivity index (χ0) is 12.3. The molecule has 0 amide bonds. The Labute approximate surface area is 107 Å². The molecule has 2 aromatic rings. The van der Waals surface area contributed by atoms with E-state index in [9.17, 15) is 4.39 Å². The number of hydrogen-bond donors (Lipinski definition) is 1. The molecule has 0 saturated carbocycles. The molecule has 17 heavy (non-hydrogen) atoms. The number of rotatable bonds is 3. The van der Waals surface area contributed by atoms with E-state index in [1.165, 1.54) is 12.1 Å². The van der Waals surface area contributed by atoms with Gasteiger partial charge in [-0.1, -0.05) is 30.3 Å². The largest absolute Gasteiger partial charge is 0.487 e. The first-order valence-corrected chi connectivity index (χ1v) is 5.87. The van der Waals surface area contributed by atoms with Gasteiger partial charge in [-0.3, -0.25) is 0 Å². The Morgan fingerprint density at radius 2 is 1.88 bits per heavy atom. The van der Waals surface area contributed by atoms with Crippen molar-refractivity contribution in [2.24, 2.45) is 0 Å². The number of nitrogen functional groups attached to an aromatic ring is 1. The van der Waals surface area contributed by atoms with Crippen LogP contribution in [0.2, 0.25) is 0 Å². The number of benzene rings is 2. The van der Waals surface area contributed by atoms with Crippen LogP contribution in [-0.2, 0) is 6.61 Å². The Kier molecular flexibility index (Phi) is 3.64. The van der Waals surface area contributed by atoms with Gasteiger partial charge in [-0.25, -0.2) is 4.39 Å². The highest BCUT2D eigenvalue weighted by Gasteiger charge is 2.07. The van der Waals surface area contributed by atoms with Crippen LogP contribution < -0.4 is 10.5 Å². The Morgan fingerprint density at radius 1 is 1.18 bits per heavy atom. The Balaban J connectivity index is 2.12. The summed E-state index contributed by atoms with van der Waals surface area (Å²) < 4.78 is 19.1. The van der Waals surface area contributed by atoms with Crippen LogP contribution in [0.25, 0.3) is 0 Å². The number of ether oxygens (including phenoxy) is 1. The SMILES string of the molecule is Nc1cc(Br)c(F)cc1OCc1ccccc1. The van der Waals surface area contributed by atoms with E-state index in [0.717, 1.165) is 5.56 Å². The van der Waals surface area contributed by atoms with Gasteiger partial charge >= 0.3 is 0 Å². The fraction of sp³-hybridized carbons (Fsp3) is 0.0769. The minimum Gasteiger partial charge on any atom is -0.487 e. The van der Waals surface area contributed by atoms with Crippen molar-refractivity contribution in [3.8, 4) is 5.75 Å². The van der Waals surface area contributed by atoms with Crippen LogP contribution >= 0.6 is 15.9 Å². The lowest BCUT2D eigenvalue weighted by atomic mass is 10.2. The molecule has 0 aliphatic heterocycles. The predicted octanol–water partition coefficient (Wildman–Crippen LogP) is 3.75. The molecule has 2 aromatic carbocycles. The highest BCUT2D eigenvalue weighted by molar-refractivity contribution is 9.10. The van der Waals surface area contributed by atoms with Gasteiger partial charge in [0, 0.05) is 6.07 Å². The van der Waals surface area contributed by atoms with Gasteiger partial charge in [0.15, 0.2) is 0 Å². The second-order valence-corrected chi connectivity index (χ2v) is 4.43. The average Bonchev–Trinajstić information content (AvgIpc) is 2.33. The third-order valence-electron chi connectivity index (χ3n) is 2.29. The number of anilines is 1. The molecule has 0 saturated heterocycles. The lowest BCUT2D eigenvalue weighted by Crippen LogP contribution is -1.99. The molecule has 0 fully saturated rings. The third kappa shape index (κ3) is 2.97. The van der Waals surface area contributed by atoms with E-state index in [-0.39, 0.29) is 5.82 Å². The number of hydrogen-bond acceptors (Lipinski definition) is 2. The first kappa shape index (κ1) is 11.9. The Hall–Kier alpha value is -1.55. The fourth-order valence-electron chi connectivity index (χ4n) is 1.40. The highest BCUT2D eigenvalue weighted by atomic mass is 79.9. The van der Waals surface area contributed by atoms with E-state index in [0.29, 0.717) is 22.5 Å². The van der Waals surface area contributed by atoms with Gasteiger partial charge in [0.1, 0.15) is 18.2 Å². The van der Waals surface area contributed by atoms with Crippen molar-refractivity contribution in [3.63, 3.8) is 0 Å². The van der Waals surface area contributed by atoms with Crippen molar-refractivity contribution in [3.05, 3.63) is 58.3 Å². The van der Waals surface area contributed by atoms with Gasteiger partial charge in [-0.05, 0) is 27.6 Å². The maximum absolute atomic E-state index is 13.3. The second-order valence-electron chi connectivity index (χ2n) is 3.58. The number of nitrogens with two attached hydrogens (primary N) is 1. The molecule has 0 bridgehead atoms. The van der Waals surface area contributed by atoms with Crippen molar-refractivity contribution in [2.75, 3.05) is 5.73 Å². The topological polar surface area (TPSA) is 35.2 Å². The summed E-state index contributed by atoms with van der Waals surface area (Å²) in [5.41, 5.74) is 7.15. The minimum atomic E-state index is -0.387. The van der Waals surface area contributed by atoms with Crippen molar-refractivity contribution in [2.45, 2.75) is 6.61 Å². The quantitative estimate of drug-likeness (QED) is 0.875. The molecule has 2 rings (SSSR count). The minimum absolute atomic E-state index is 0.335. The number of halogens is 2. The normalized spacial score (nSPS) is 10.2. The molecule has 2 nitrogen and oxygen atoms in total. The van der Waals surface area contributed by atoms with E-state index in [4.69, 9.17) is 10.5 Å². The third-order valence-corrected chi connectivity index (χ3v) is 2.90. The average molecular weight is 296 g/mol. The summed E-state index contributed by atoms with van der Waals surface area (Å²) in [7, 11) is 0. The molecule has 88 valence electrons. The van der Waals surface area contributed by atoms with Crippen LogP contribution in [0.1, 0.15) is 5.56 Å². The summed E-state index contributed by atoms with van der Waals surface area (Å²) in [5.74, 6) is -0.0307. The summed E-state index contributed by atoms with van der Waals surface area (Å²) in [6.07, 6.45) is 0. The standard InChI is InChI=1S/C13H11BrFNO/c14-10-6-12(16)13(7-11(10)15)17-8-9-4-2-1-3-5-9/h1-7H,8,16H2.